The van der Waals surface area contributed by atoms with Crippen LogP contribution in [0.3, 0.4) is 0 Å². The Kier molecular flexibility index (Phi) is 7.25. The second kappa shape index (κ2) is 10.9. The van der Waals surface area contributed by atoms with E-state index in [1.165, 1.54) is 0 Å². The summed E-state index contributed by atoms with van der Waals surface area (Å²) in [6.07, 6.45) is 5.79. The van der Waals surface area contributed by atoms with Crippen LogP contribution < -0.4 is 14.2 Å². The van der Waals surface area contributed by atoms with Crippen LogP contribution in [0.2, 0.25) is 0 Å². The van der Waals surface area contributed by atoms with Gasteiger partial charge in [0.25, 0.3) is 0 Å². The van der Waals surface area contributed by atoms with Gasteiger partial charge in [-0.1, -0.05) is 66.6 Å². The van der Waals surface area contributed by atoms with Gasteiger partial charge < -0.3 is 14.2 Å². The third-order valence-electron chi connectivity index (χ3n) is 5.03. The minimum atomic E-state index is 0.375. The van der Waals surface area contributed by atoms with Gasteiger partial charge in [-0.15, -0.1) is 6.42 Å². The first-order valence-corrected chi connectivity index (χ1v) is 10.8. The highest BCUT2D eigenvalue weighted by atomic mass is 16.5. The Morgan fingerprint density at radius 3 is 2.03 bits per heavy atom. The van der Waals surface area contributed by atoms with Crippen molar-refractivity contribution in [3.63, 3.8) is 0 Å². The van der Waals surface area contributed by atoms with Crippen molar-refractivity contribution in [2.45, 2.75) is 20.1 Å². The number of aromatic nitrogens is 1. The second-order valence-electron chi connectivity index (χ2n) is 7.34. The van der Waals surface area contributed by atoms with Crippen molar-refractivity contribution in [2.75, 3.05) is 6.61 Å². The molecule has 0 amide bonds. The van der Waals surface area contributed by atoms with Crippen molar-refractivity contribution in [3.8, 4) is 41.0 Å². The zero-order chi connectivity index (χ0) is 22.9. The molecule has 4 nitrogen and oxygen atoms in total. The van der Waals surface area contributed by atoms with Crippen molar-refractivity contribution >= 4 is 0 Å². The molecule has 0 aliphatic heterocycles. The number of hydrogen-bond donors (Lipinski definition) is 0. The van der Waals surface area contributed by atoms with Crippen molar-refractivity contribution in [2.24, 2.45) is 0 Å². The predicted molar refractivity (Wildman–Crippen MR) is 130 cm³/mol. The number of terminal acetylenes is 1. The van der Waals surface area contributed by atoms with Gasteiger partial charge in [-0.05, 0) is 42.3 Å². The molecule has 4 rings (SSSR count). The van der Waals surface area contributed by atoms with Crippen LogP contribution in [0.1, 0.15) is 23.6 Å². The Hall–Kier alpha value is -4.23. The lowest BCUT2D eigenvalue weighted by Crippen LogP contribution is -2.03. The van der Waals surface area contributed by atoms with Gasteiger partial charge in [-0.3, -0.25) is 0 Å². The molecule has 0 atom stereocenters. The minimum Gasteiger partial charge on any atom is -0.494 e. The van der Waals surface area contributed by atoms with E-state index in [0.29, 0.717) is 31.6 Å². The van der Waals surface area contributed by atoms with Gasteiger partial charge in [0.05, 0.1) is 6.61 Å². The number of ether oxygens (including phenoxy) is 3. The normalized spacial score (nSPS) is 10.3. The quantitative estimate of drug-likeness (QED) is 0.290. The highest BCUT2D eigenvalue weighted by molar-refractivity contribution is 5.76. The number of benzene rings is 3. The van der Waals surface area contributed by atoms with Crippen LogP contribution in [0, 0.1) is 12.3 Å². The van der Waals surface area contributed by atoms with Crippen molar-refractivity contribution < 1.29 is 14.2 Å². The summed E-state index contributed by atoms with van der Waals surface area (Å²) in [5.41, 5.74) is 4.46. The van der Waals surface area contributed by atoms with Gasteiger partial charge in [0, 0.05) is 22.8 Å². The predicted octanol–water partition coefficient (Wildman–Crippen LogP) is 6.29. The SMILES string of the molecule is C#Cc1ccc(OCC)cc1-c1ccc(OCc2ccccc2)nc1OCc1ccccc1. The summed E-state index contributed by atoms with van der Waals surface area (Å²) in [5.74, 6) is 4.43. The summed E-state index contributed by atoms with van der Waals surface area (Å²) in [6, 6.07) is 29.4. The summed E-state index contributed by atoms with van der Waals surface area (Å²) in [6.45, 7) is 3.31. The first-order chi connectivity index (χ1) is 16.3. The van der Waals surface area contributed by atoms with Crippen molar-refractivity contribution in [3.05, 3.63) is 108 Å². The van der Waals surface area contributed by atoms with Gasteiger partial charge >= 0.3 is 0 Å². The molecule has 0 bridgehead atoms. The molecule has 0 aliphatic rings. The lowest BCUT2D eigenvalue weighted by molar-refractivity contribution is 0.268. The molecule has 1 aromatic heterocycles. The van der Waals surface area contributed by atoms with E-state index in [0.717, 1.165) is 33.6 Å². The van der Waals surface area contributed by atoms with E-state index in [2.05, 4.69) is 10.9 Å². The summed E-state index contributed by atoms with van der Waals surface area (Å²) < 4.78 is 17.8. The molecule has 4 aromatic rings. The number of hydrogen-bond acceptors (Lipinski definition) is 4. The van der Waals surface area contributed by atoms with E-state index < -0.39 is 0 Å². The molecule has 164 valence electrons. The largest absolute Gasteiger partial charge is 0.494 e. The molecule has 0 spiro atoms. The molecule has 33 heavy (non-hydrogen) atoms. The van der Waals surface area contributed by atoms with Gasteiger partial charge in [0.1, 0.15) is 19.0 Å². The molecule has 0 fully saturated rings. The second-order valence-corrected chi connectivity index (χ2v) is 7.34. The molecule has 3 aromatic carbocycles. The molecular formula is C29H25NO3. The number of nitrogens with zero attached hydrogens (tertiary/aromatic N) is 1. The molecule has 4 heteroatoms. The highest BCUT2D eigenvalue weighted by Gasteiger charge is 2.15. The summed E-state index contributed by atoms with van der Waals surface area (Å²) >= 11 is 0. The Bertz CT molecular complexity index is 1230. The average molecular weight is 436 g/mol. The number of pyridine rings is 1. The van der Waals surface area contributed by atoms with E-state index in [-0.39, 0.29) is 0 Å². The Morgan fingerprint density at radius 2 is 1.39 bits per heavy atom. The maximum atomic E-state index is 6.17. The third-order valence-corrected chi connectivity index (χ3v) is 5.03. The lowest BCUT2D eigenvalue weighted by atomic mass is 10.0. The van der Waals surface area contributed by atoms with E-state index in [1.54, 1.807) is 0 Å². The van der Waals surface area contributed by atoms with Crippen LogP contribution in [0.25, 0.3) is 11.1 Å². The van der Waals surface area contributed by atoms with Crippen LogP contribution in [-0.2, 0) is 13.2 Å². The van der Waals surface area contributed by atoms with Gasteiger partial charge in [-0.25, -0.2) is 0 Å². The van der Waals surface area contributed by atoms with Crippen LogP contribution in [0.5, 0.6) is 17.5 Å². The molecule has 0 saturated carbocycles. The maximum absolute atomic E-state index is 6.17. The fraction of sp³-hybridized carbons (Fsp3) is 0.138. The van der Waals surface area contributed by atoms with Gasteiger partial charge in [-0.2, -0.15) is 4.98 Å². The van der Waals surface area contributed by atoms with E-state index in [1.807, 2.05) is 97.9 Å². The molecule has 0 unspecified atom stereocenters. The maximum Gasteiger partial charge on any atom is 0.225 e. The van der Waals surface area contributed by atoms with Crippen molar-refractivity contribution in [1.82, 2.24) is 4.98 Å². The lowest BCUT2D eigenvalue weighted by Gasteiger charge is -2.15. The van der Waals surface area contributed by atoms with Gasteiger partial charge in [0.2, 0.25) is 11.8 Å². The summed E-state index contributed by atoms with van der Waals surface area (Å²) in [4.78, 5) is 4.68. The zero-order valence-corrected chi connectivity index (χ0v) is 18.5. The average Bonchev–Trinajstić information content (AvgIpc) is 2.88. The topological polar surface area (TPSA) is 40.6 Å². The minimum absolute atomic E-state index is 0.375. The summed E-state index contributed by atoms with van der Waals surface area (Å²) in [7, 11) is 0. The van der Waals surface area contributed by atoms with E-state index >= 15 is 0 Å². The molecule has 0 aliphatic carbocycles. The standard InChI is InChI=1S/C29H25NO3/c1-3-24-15-16-25(31-4-2)19-27(24)26-17-18-28(32-20-22-11-7-5-8-12-22)30-29(26)33-21-23-13-9-6-10-14-23/h1,5-19H,4,20-21H2,2H3. The molecule has 1 heterocycles. The Morgan fingerprint density at radius 1 is 0.727 bits per heavy atom. The third kappa shape index (κ3) is 5.72. The zero-order valence-electron chi connectivity index (χ0n) is 18.5. The van der Waals surface area contributed by atoms with Crippen LogP contribution in [0.4, 0.5) is 0 Å². The number of rotatable bonds is 9. The molecular weight excluding hydrogens is 410 g/mol. The van der Waals surface area contributed by atoms with Crippen LogP contribution in [-0.4, -0.2) is 11.6 Å². The highest BCUT2D eigenvalue weighted by Crippen LogP contribution is 2.35. The van der Waals surface area contributed by atoms with E-state index in [4.69, 9.17) is 20.6 Å². The van der Waals surface area contributed by atoms with Crippen LogP contribution >= 0.6 is 0 Å². The monoisotopic (exact) mass is 435 g/mol. The summed E-state index contributed by atoms with van der Waals surface area (Å²) in [5, 5.41) is 0. The fourth-order valence-corrected chi connectivity index (χ4v) is 3.40. The van der Waals surface area contributed by atoms with Crippen LogP contribution in [0.15, 0.2) is 91.0 Å². The molecule has 0 radical (unpaired) electrons. The fourth-order valence-electron chi connectivity index (χ4n) is 3.40. The molecule has 0 N–H and O–H groups in total. The van der Waals surface area contributed by atoms with Crippen molar-refractivity contribution in [1.29, 1.82) is 0 Å². The Labute approximate surface area is 194 Å². The molecule has 0 saturated heterocycles. The smallest absolute Gasteiger partial charge is 0.225 e. The van der Waals surface area contributed by atoms with E-state index in [9.17, 15) is 0 Å². The first kappa shape index (κ1) is 22.0. The van der Waals surface area contributed by atoms with Gasteiger partial charge in [0.15, 0.2) is 0 Å². The first-order valence-electron chi connectivity index (χ1n) is 10.8. The Balaban J connectivity index is 1.68.